The molecule has 1 N–H and O–H groups in total. The van der Waals surface area contributed by atoms with E-state index in [2.05, 4.69) is 10.3 Å². The van der Waals surface area contributed by atoms with Gasteiger partial charge >= 0.3 is 6.18 Å². The third kappa shape index (κ3) is 3.82. The zero-order valence-corrected chi connectivity index (χ0v) is 10.3. The Kier molecular flexibility index (Phi) is 3.90. The van der Waals surface area contributed by atoms with Crippen molar-refractivity contribution >= 4 is 0 Å². The van der Waals surface area contributed by atoms with Crippen molar-refractivity contribution in [3.8, 4) is 0 Å². The minimum absolute atomic E-state index is 0.439. The maximum atomic E-state index is 12.4. The van der Waals surface area contributed by atoms with Crippen LogP contribution in [0.25, 0.3) is 0 Å². The van der Waals surface area contributed by atoms with Crippen molar-refractivity contribution in [2.45, 2.75) is 26.2 Å². The lowest BCUT2D eigenvalue weighted by atomic mass is 10.1. The van der Waals surface area contributed by atoms with E-state index in [4.69, 9.17) is 4.42 Å². The zero-order valence-electron chi connectivity index (χ0n) is 10.3. The van der Waals surface area contributed by atoms with Crippen LogP contribution in [0, 0.1) is 6.92 Å². The Bertz CT molecular complexity index is 532. The molecule has 19 heavy (non-hydrogen) atoms. The molecule has 0 radical (unpaired) electrons. The van der Waals surface area contributed by atoms with Gasteiger partial charge in [0, 0.05) is 6.54 Å². The van der Waals surface area contributed by atoms with Gasteiger partial charge in [-0.2, -0.15) is 13.2 Å². The predicted molar refractivity (Wildman–Crippen MR) is 63.2 cm³/mol. The summed E-state index contributed by atoms with van der Waals surface area (Å²) >= 11 is 0. The number of aryl methyl sites for hydroxylation is 1. The van der Waals surface area contributed by atoms with Gasteiger partial charge in [-0.15, -0.1) is 0 Å². The fourth-order valence-electron chi connectivity index (χ4n) is 1.61. The SMILES string of the molecule is Cc1cnc(CNCc2ccc(C(F)(F)F)cc2)o1. The lowest BCUT2D eigenvalue weighted by Gasteiger charge is -2.07. The minimum atomic E-state index is -4.29. The van der Waals surface area contributed by atoms with E-state index in [0.29, 0.717) is 19.0 Å². The van der Waals surface area contributed by atoms with Gasteiger partial charge in [0.25, 0.3) is 0 Å². The molecular formula is C13H13F3N2O. The molecule has 102 valence electrons. The summed E-state index contributed by atoms with van der Waals surface area (Å²) in [6.45, 7) is 2.70. The summed E-state index contributed by atoms with van der Waals surface area (Å²) < 4.78 is 42.3. The summed E-state index contributed by atoms with van der Waals surface area (Å²) in [5.41, 5.74) is 0.135. The highest BCUT2D eigenvalue weighted by molar-refractivity contribution is 5.24. The lowest BCUT2D eigenvalue weighted by molar-refractivity contribution is -0.137. The first-order chi connectivity index (χ1) is 8.95. The number of hydrogen-bond donors (Lipinski definition) is 1. The quantitative estimate of drug-likeness (QED) is 0.926. The van der Waals surface area contributed by atoms with Crippen LogP contribution in [-0.4, -0.2) is 4.98 Å². The highest BCUT2D eigenvalue weighted by atomic mass is 19.4. The zero-order chi connectivity index (χ0) is 13.9. The van der Waals surface area contributed by atoms with Crippen LogP contribution in [0.4, 0.5) is 13.2 Å². The van der Waals surface area contributed by atoms with E-state index in [1.54, 1.807) is 13.1 Å². The van der Waals surface area contributed by atoms with Crippen molar-refractivity contribution < 1.29 is 17.6 Å². The fraction of sp³-hybridized carbons (Fsp3) is 0.308. The van der Waals surface area contributed by atoms with Gasteiger partial charge in [0.1, 0.15) is 5.76 Å². The number of oxazole rings is 1. The molecule has 0 fully saturated rings. The molecule has 1 heterocycles. The summed E-state index contributed by atoms with van der Waals surface area (Å²) in [7, 11) is 0. The van der Waals surface area contributed by atoms with Crippen molar-refractivity contribution in [2.75, 3.05) is 0 Å². The summed E-state index contributed by atoms with van der Waals surface area (Å²) in [4.78, 5) is 4.02. The normalized spacial score (nSPS) is 11.8. The second-order valence-electron chi connectivity index (χ2n) is 4.16. The first-order valence-electron chi connectivity index (χ1n) is 5.73. The van der Waals surface area contributed by atoms with Gasteiger partial charge in [0.15, 0.2) is 0 Å². The number of rotatable bonds is 4. The molecule has 0 unspecified atom stereocenters. The standard InChI is InChI=1S/C13H13F3N2O/c1-9-6-18-12(19-9)8-17-7-10-2-4-11(5-3-10)13(14,15)16/h2-6,17H,7-8H2,1H3. The molecular weight excluding hydrogens is 257 g/mol. The molecule has 0 spiro atoms. The van der Waals surface area contributed by atoms with Crippen LogP contribution in [-0.2, 0) is 19.3 Å². The van der Waals surface area contributed by atoms with E-state index in [1.165, 1.54) is 12.1 Å². The van der Waals surface area contributed by atoms with Crippen LogP contribution in [0.2, 0.25) is 0 Å². The van der Waals surface area contributed by atoms with Crippen LogP contribution in [0.3, 0.4) is 0 Å². The van der Waals surface area contributed by atoms with E-state index in [0.717, 1.165) is 23.5 Å². The Balaban J connectivity index is 1.86. The predicted octanol–water partition coefficient (Wildman–Crippen LogP) is 3.29. The maximum Gasteiger partial charge on any atom is 0.416 e. The third-order valence-electron chi connectivity index (χ3n) is 2.56. The highest BCUT2D eigenvalue weighted by Gasteiger charge is 2.29. The summed E-state index contributed by atoms with van der Waals surface area (Å²) in [5.74, 6) is 1.29. The molecule has 2 rings (SSSR count). The van der Waals surface area contributed by atoms with Gasteiger partial charge in [0.05, 0.1) is 18.3 Å². The smallest absolute Gasteiger partial charge is 0.416 e. The van der Waals surface area contributed by atoms with Gasteiger partial charge in [-0.3, -0.25) is 0 Å². The van der Waals surface area contributed by atoms with Crippen LogP contribution >= 0.6 is 0 Å². The second-order valence-corrected chi connectivity index (χ2v) is 4.16. The molecule has 0 saturated carbocycles. The lowest BCUT2D eigenvalue weighted by Crippen LogP contribution is -2.13. The molecule has 1 aromatic heterocycles. The number of nitrogens with zero attached hydrogens (tertiary/aromatic N) is 1. The topological polar surface area (TPSA) is 38.1 Å². The molecule has 0 saturated heterocycles. The van der Waals surface area contributed by atoms with Gasteiger partial charge in [-0.05, 0) is 24.6 Å². The Labute approximate surface area is 108 Å². The van der Waals surface area contributed by atoms with Gasteiger partial charge < -0.3 is 9.73 Å². The van der Waals surface area contributed by atoms with E-state index in [-0.39, 0.29) is 0 Å². The van der Waals surface area contributed by atoms with Crippen molar-refractivity contribution in [2.24, 2.45) is 0 Å². The van der Waals surface area contributed by atoms with E-state index in [1.807, 2.05) is 0 Å². The number of hydrogen-bond acceptors (Lipinski definition) is 3. The molecule has 0 amide bonds. The summed E-state index contributed by atoms with van der Waals surface area (Å²) in [6, 6.07) is 5.06. The highest BCUT2D eigenvalue weighted by Crippen LogP contribution is 2.29. The van der Waals surface area contributed by atoms with Gasteiger partial charge in [-0.1, -0.05) is 12.1 Å². The summed E-state index contributed by atoms with van der Waals surface area (Å²) in [5, 5.41) is 3.05. The molecule has 2 aromatic rings. The molecule has 0 atom stereocenters. The monoisotopic (exact) mass is 270 g/mol. The molecule has 0 aliphatic heterocycles. The van der Waals surface area contributed by atoms with Crippen molar-refractivity contribution in [3.05, 3.63) is 53.2 Å². The van der Waals surface area contributed by atoms with Crippen LogP contribution in [0.5, 0.6) is 0 Å². The van der Waals surface area contributed by atoms with Gasteiger partial charge in [0.2, 0.25) is 5.89 Å². The number of benzene rings is 1. The summed E-state index contributed by atoms with van der Waals surface area (Å²) in [6.07, 6.45) is -2.67. The van der Waals surface area contributed by atoms with E-state index >= 15 is 0 Å². The first-order valence-corrected chi connectivity index (χ1v) is 5.73. The number of aromatic nitrogens is 1. The van der Waals surface area contributed by atoms with Crippen LogP contribution < -0.4 is 5.32 Å². The Hall–Kier alpha value is -1.82. The molecule has 0 aliphatic rings. The number of nitrogens with one attached hydrogen (secondary N) is 1. The average Bonchev–Trinajstić information content (AvgIpc) is 2.75. The van der Waals surface area contributed by atoms with Crippen molar-refractivity contribution in [1.82, 2.24) is 10.3 Å². The molecule has 1 aromatic carbocycles. The molecule has 0 aliphatic carbocycles. The molecule has 0 bridgehead atoms. The average molecular weight is 270 g/mol. The van der Waals surface area contributed by atoms with E-state index < -0.39 is 11.7 Å². The number of halogens is 3. The first kappa shape index (κ1) is 13.6. The Morgan fingerprint density at radius 1 is 1.16 bits per heavy atom. The second kappa shape index (κ2) is 5.44. The largest absolute Gasteiger partial charge is 0.445 e. The maximum absolute atomic E-state index is 12.4. The molecule has 6 heteroatoms. The Morgan fingerprint density at radius 2 is 1.84 bits per heavy atom. The van der Waals surface area contributed by atoms with Crippen LogP contribution in [0.15, 0.2) is 34.9 Å². The number of alkyl halides is 3. The fourth-order valence-corrected chi connectivity index (χ4v) is 1.61. The molecule has 3 nitrogen and oxygen atoms in total. The minimum Gasteiger partial charge on any atom is -0.445 e. The van der Waals surface area contributed by atoms with E-state index in [9.17, 15) is 13.2 Å². The van der Waals surface area contributed by atoms with Crippen LogP contribution in [0.1, 0.15) is 22.8 Å². The van der Waals surface area contributed by atoms with Crippen molar-refractivity contribution in [1.29, 1.82) is 0 Å². The van der Waals surface area contributed by atoms with Crippen molar-refractivity contribution in [3.63, 3.8) is 0 Å². The Morgan fingerprint density at radius 3 is 2.37 bits per heavy atom. The third-order valence-corrected chi connectivity index (χ3v) is 2.56. The van der Waals surface area contributed by atoms with Gasteiger partial charge in [-0.25, -0.2) is 4.98 Å².